The van der Waals surface area contributed by atoms with Crippen LogP contribution in [0.5, 0.6) is 0 Å². The lowest BCUT2D eigenvalue weighted by Gasteiger charge is -2.22. The minimum Gasteiger partial charge on any atom is -0.357 e. The van der Waals surface area contributed by atoms with E-state index in [1.807, 2.05) is 11.7 Å². The molecular weight excluding hydrogens is 322 g/mol. The van der Waals surface area contributed by atoms with Crippen LogP contribution in [0.4, 0.5) is 0 Å². The van der Waals surface area contributed by atoms with Crippen molar-refractivity contribution in [3.05, 3.63) is 52.8 Å². The first-order chi connectivity index (χ1) is 12.6. The average molecular weight is 354 g/mol. The third-order valence-corrected chi connectivity index (χ3v) is 5.33. The van der Waals surface area contributed by atoms with Crippen molar-refractivity contribution in [1.29, 1.82) is 0 Å². The smallest absolute Gasteiger partial charge is 0.194 e. The highest BCUT2D eigenvalue weighted by atomic mass is 15.3. The summed E-state index contributed by atoms with van der Waals surface area (Å²) in [5, 5.41) is 7.98. The zero-order chi connectivity index (χ0) is 18.5. The molecule has 1 unspecified atom stereocenters. The molecule has 3 rings (SSSR count). The zero-order valence-electron chi connectivity index (χ0n) is 16.5. The Kier molecular flexibility index (Phi) is 5.96. The molecule has 0 aliphatic carbocycles. The van der Waals surface area contributed by atoms with Crippen molar-refractivity contribution in [1.82, 2.24) is 20.0 Å². The quantitative estimate of drug-likeness (QED) is 0.664. The van der Waals surface area contributed by atoms with Gasteiger partial charge in [-0.3, -0.25) is 4.68 Å². The fourth-order valence-corrected chi connectivity index (χ4v) is 3.77. The van der Waals surface area contributed by atoms with Gasteiger partial charge in [0, 0.05) is 37.9 Å². The molecule has 1 N–H and O–H groups in total. The Labute approximate surface area is 157 Å². The third kappa shape index (κ3) is 4.26. The van der Waals surface area contributed by atoms with Crippen molar-refractivity contribution in [2.24, 2.45) is 18.0 Å². The summed E-state index contributed by atoms with van der Waals surface area (Å²) in [4.78, 5) is 7.34. The summed E-state index contributed by atoms with van der Waals surface area (Å²) in [5.74, 6) is 1.73. The van der Waals surface area contributed by atoms with Crippen molar-refractivity contribution >= 4 is 5.96 Å². The van der Waals surface area contributed by atoms with E-state index in [1.54, 1.807) is 0 Å². The van der Waals surface area contributed by atoms with Crippen LogP contribution in [0.25, 0.3) is 0 Å². The fraction of sp³-hybridized carbons (Fsp3) is 0.524. The molecule has 5 heteroatoms. The number of nitrogens with one attached hydrogen (secondary N) is 1. The summed E-state index contributed by atoms with van der Waals surface area (Å²) in [6.45, 7) is 10.0. The molecule has 1 aromatic heterocycles. The Bertz CT molecular complexity index is 747. The van der Waals surface area contributed by atoms with Crippen LogP contribution in [0.15, 0.2) is 35.3 Å². The van der Waals surface area contributed by atoms with Crippen molar-refractivity contribution in [2.75, 3.05) is 19.6 Å². The number of nitrogens with zero attached hydrogens (tertiary/aromatic N) is 4. The Morgan fingerprint density at radius 3 is 2.69 bits per heavy atom. The van der Waals surface area contributed by atoms with Crippen LogP contribution in [0.3, 0.4) is 0 Å². The van der Waals surface area contributed by atoms with E-state index in [-0.39, 0.29) is 0 Å². The van der Waals surface area contributed by atoms with E-state index in [4.69, 9.17) is 4.99 Å². The summed E-state index contributed by atoms with van der Waals surface area (Å²) in [7, 11) is 2.00. The lowest BCUT2D eigenvalue weighted by atomic mass is 9.99. The van der Waals surface area contributed by atoms with Crippen molar-refractivity contribution in [3.63, 3.8) is 0 Å². The van der Waals surface area contributed by atoms with Gasteiger partial charge in [-0.15, -0.1) is 0 Å². The molecule has 1 aliphatic rings. The highest BCUT2D eigenvalue weighted by Gasteiger charge is 2.25. The first-order valence-electron chi connectivity index (χ1n) is 9.64. The topological polar surface area (TPSA) is 45.5 Å². The molecule has 1 atom stereocenters. The molecule has 1 aliphatic heterocycles. The van der Waals surface area contributed by atoms with Crippen LogP contribution in [0, 0.1) is 19.8 Å². The second-order valence-corrected chi connectivity index (χ2v) is 7.23. The number of aromatic nitrogens is 2. The summed E-state index contributed by atoms with van der Waals surface area (Å²) in [6, 6.07) is 10.8. The third-order valence-electron chi connectivity index (χ3n) is 5.33. The number of benzene rings is 1. The van der Waals surface area contributed by atoms with Crippen LogP contribution >= 0.6 is 0 Å². The second kappa shape index (κ2) is 8.39. The Morgan fingerprint density at radius 1 is 1.27 bits per heavy atom. The first kappa shape index (κ1) is 18.5. The van der Waals surface area contributed by atoms with Gasteiger partial charge in [0.05, 0.1) is 12.2 Å². The molecule has 0 saturated carbocycles. The summed E-state index contributed by atoms with van der Waals surface area (Å²) in [5.41, 5.74) is 4.95. The Hall–Kier alpha value is -2.30. The Morgan fingerprint density at radius 2 is 2.04 bits per heavy atom. The van der Waals surface area contributed by atoms with Gasteiger partial charge < -0.3 is 10.2 Å². The predicted octanol–water partition coefficient (Wildman–Crippen LogP) is 3.07. The molecule has 5 nitrogen and oxygen atoms in total. The van der Waals surface area contributed by atoms with Gasteiger partial charge in [0.2, 0.25) is 0 Å². The van der Waals surface area contributed by atoms with Crippen LogP contribution in [-0.2, 0) is 20.0 Å². The van der Waals surface area contributed by atoms with Crippen molar-refractivity contribution in [2.45, 2.75) is 40.2 Å². The van der Waals surface area contributed by atoms with Gasteiger partial charge in [-0.2, -0.15) is 5.10 Å². The number of likely N-dealkylation sites (tertiary alicyclic amines) is 1. The van der Waals surface area contributed by atoms with Crippen LogP contribution in [-0.4, -0.2) is 40.3 Å². The molecular formula is C21H31N5. The number of aliphatic imine (C=N–C) groups is 1. The average Bonchev–Trinajstić information content (AvgIpc) is 3.18. The molecule has 1 aromatic carbocycles. The van der Waals surface area contributed by atoms with Gasteiger partial charge in [0.25, 0.3) is 0 Å². The second-order valence-electron chi connectivity index (χ2n) is 7.23. The van der Waals surface area contributed by atoms with E-state index < -0.39 is 0 Å². The largest absolute Gasteiger partial charge is 0.357 e. The molecule has 140 valence electrons. The number of hydrogen-bond donors (Lipinski definition) is 1. The zero-order valence-corrected chi connectivity index (χ0v) is 16.5. The van der Waals surface area contributed by atoms with Crippen molar-refractivity contribution in [3.8, 4) is 0 Å². The first-order valence-corrected chi connectivity index (χ1v) is 9.64. The van der Waals surface area contributed by atoms with Gasteiger partial charge in [-0.1, -0.05) is 30.3 Å². The summed E-state index contributed by atoms with van der Waals surface area (Å²) < 4.78 is 1.94. The maximum atomic E-state index is 4.92. The maximum Gasteiger partial charge on any atom is 0.194 e. The highest BCUT2D eigenvalue weighted by molar-refractivity contribution is 5.80. The van der Waals surface area contributed by atoms with Gasteiger partial charge >= 0.3 is 0 Å². The minimum absolute atomic E-state index is 0.688. The lowest BCUT2D eigenvalue weighted by Crippen LogP contribution is -2.40. The highest BCUT2D eigenvalue weighted by Crippen LogP contribution is 2.21. The van der Waals surface area contributed by atoms with Gasteiger partial charge in [-0.25, -0.2) is 4.99 Å². The number of rotatable bonds is 5. The lowest BCUT2D eigenvalue weighted by molar-refractivity contribution is 0.460. The van der Waals surface area contributed by atoms with Gasteiger partial charge in [0.1, 0.15) is 0 Å². The van der Waals surface area contributed by atoms with Crippen LogP contribution in [0.2, 0.25) is 0 Å². The van der Waals surface area contributed by atoms with Crippen LogP contribution < -0.4 is 5.32 Å². The molecule has 2 heterocycles. The Balaban J connectivity index is 1.66. The van der Waals surface area contributed by atoms with Crippen LogP contribution in [0.1, 0.15) is 35.9 Å². The maximum absolute atomic E-state index is 4.92. The molecule has 0 spiro atoms. The minimum atomic E-state index is 0.688. The number of guanidine groups is 1. The number of aryl methyl sites for hydroxylation is 2. The molecule has 1 fully saturated rings. The van der Waals surface area contributed by atoms with E-state index >= 15 is 0 Å². The SMILES string of the molecule is CCNC(=NCc1c(C)nn(C)c1C)N1CCC(Cc2ccccc2)C1. The molecule has 2 aromatic rings. The monoisotopic (exact) mass is 353 g/mol. The summed E-state index contributed by atoms with van der Waals surface area (Å²) >= 11 is 0. The van der Waals surface area contributed by atoms with E-state index in [1.165, 1.54) is 23.2 Å². The number of hydrogen-bond acceptors (Lipinski definition) is 2. The van der Waals surface area contributed by atoms with E-state index in [9.17, 15) is 0 Å². The van der Waals surface area contributed by atoms with E-state index in [0.29, 0.717) is 12.5 Å². The molecule has 0 amide bonds. The summed E-state index contributed by atoms with van der Waals surface area (Å²) in [6.07, 6.45) is 2.38. The predicted molar refractivity (Wildman–Crippen MR) is 107 cm³/mol. The standard InChI is InChI=1S/C21H31N5/c1-5-22-21(23-14-20-16(2)24-25(4)17(20)3)26-12-11-19(15-26)13-18-9-7-6-8-10-18/h6-10,19H,5,11-15H2,1-4H3,(H,22,23). The molecule has 0 radical (unpaired) electrons. The normalized spacial score (nSPS) is 17.8. The molecule has 0 bridgehead atoms. The van der Waals surface area contributed by atoms with Crippen molar-refractivity contribution < 1.29 is 0 Å². The van der Waals surface area contributed by atoms with E-state index in [2.05, 4.69) is 66.4 Å². The van der Waals surface area contributed by atoms with Gasteiger partial charge in [-0.05, 0) is 45.1 Å². The van der Waals surface area contributed by atoms with E-state index in [0.717, 1.165) is 37.7 Å². The molecule has 1 saturated heterocycles. The molecule has 26 heavy (non-hydrogen) atoms. The fourth-order valence-electron chi connectivity index (χ4n) is 3.77. The van der Waals surface area contributed by atoms with Gasteiger partial charge in [0.15, 0.2) is 5.96 Å².